The van der Waals surface area contributed by atoms with E-state index in [1.165, 1.54) is 6.20 Å². The first kappa shape index (κ1) is 10.9. The minimum absolute atomic E-state index is 0.327. The van der Waals surface area contributed by atoms with Crippen molar-refractivity contribution in [2.45, 2.75) is 18.6 Å². The van der Waals surface area contributed by atoms with Gasteiger partial charge in [0.05, 0.1) is 23.7 Å². The second-order valence-electron chi connectivity index (χ2n) is 3.11. The summed E-state index contributed by atoms with van der Waals surface area (Å²) < 4.78 is 0. The minimum Gasteiger partial charge on any atom is -0.397 e. The Balaban J connectivity index is 2.68. The molecule has 0 saturated heterocycles. The van der Waals surface area contributed by atoms with E-state index in [4.69, 9.17) is 11.5 Å². The fraction of sp³-hybridized carbons (Fsp3) is 0.444. The van der Waals surface area contributed by atoms with Crippen LogP contribution in [-0.4, -0.2) is 27.8 Å². The average Bonchev–Trinajstić information content (AvgIpc) is 2.18. The number of aliphatic hydroxyl groups is 2. The van der Waals surface area contributed by atoms with Crippen LogP contribution in [0.4, 0.5) is 5.69 Å². The molecule has 1 heterocycles. The summed E-state index contributed by atoms with van der Waals surface area (Å²) in [6.07, 6.45) is -0.101. The number of aliphatic hydroxyl groups excluding tert-OH is 2. The van der Waals surface area contributed by atoms with E-state index in [0.29, 0.717) is 24.3 Å². The normalized spacial score (nSPS) is 15.1. The third kappa shape index (κ3) is 2.66. The maximum Gasteiger partial charge on any atom is 0.122 e. The molecular weight excluding hydrogens is 182 g/mol. The Bertz CT molecular complexity index is 276. The number of pyridine rings is 1. The largest absolute Gasteiger partial charge is 0.397 e. The van der Waals surface area contributed by atoms with E-state index in [2.05, 4.69) is 4.98 Å². The van der Waals surface area contributed by atoms with E-state index in [1.807, 2.05) is 0 Å². The van der Waals surface area contributed by atoms with Crippen LogP contribution in [0.15, 0.2) is 18.3 Å². The van der Waals surface area contributed by atoms with E-state index in [1.54, 1.807) is 12.1 Å². The number of nitrogens with two attached hydrogens (primary N) is 2. The van der Waals surface area contributed by atoms with Gasteiger partial charge in [-0.15, -0.1) is 0 Å². The van der Waals surface area contributed by atoms with Gasteiger partial charge in [0.2, 0.25) is 0 Å². The highest BCUT2D eigenvalue weighted by Gasteiger charge is 2.18. The molecule has 0 bridgehead atoms. The molecule has 0 aliphatic heterocycles. The highest BCUT2D eigenvalue weighted by Crippen LogP contribution is 2.16. The molecular formula is C9H15N3O2. The van der Waals surface area contributed by atoms with Crippen LogP contribution in [-0.2, 0) is 0 Å². The van der Waals surface area contributed by atoms with Gasteiger partial charge in [0, 0.05) is 0 Å². The maximum atomic E-state index is 9.60. The van der Waals surface area contributed by atoms with Gasteiger partial charge in [-0.05, 0) is 25.1 Å². The molecule has 5 heteroatoms. The smallest absolute Gasteiger partial charge is 0.122 e. The van der Waals surface area contributed by atoms with E-state index in [0.717, 1.165) is 0 Å². The molecule has 1 rings (SSSR count). The van der Waals surface area contributed by atoms with Crippen molar-refractivity contribution >= 4 is 5.69 Å². The second-order valence-corrected chi connectivity index (χ2v) is 3.11. The summed E-state index contributed by atoms with van der Waals surface area (Å²) in [5.74, 6) is 0. The molecule has 2 atom stereocenters. The van der Waals surface area contributed by atoms with Crippen LogP contribution in [0.25, 0.3) is 0 Å². The van der Waals surface area contributed by atoms with Crippen LogP contribution in [0.2, 0.25) is 0 Å². The fourth-order valence-corrected chi connectivity index (χ4v) is 1.12. The summed E-state index contributed by atoms with van der Waals surface area (Å²) in [5.41, 5.74) is 11.6. The van der Waals surface area contributed by atoms with E-state index in [9.17, 15) is 10.2 Å². The van der Waals surface area contributed by atoms with E-state index < -0.39 is 12.2 Å². The van der Waals surface area contributed by atoms with Crippen molar-refractivity contribution in [3.05, 3.63) is 24.0 Å². The fourth-order valence-electron chi connectivity index (χ4n) is 1.12. The molecule has 0 saturated carbocycles. The third-order valence-corrected chi connectivity index (χ3v) is 1.94. The number of aromatic nitrogens is 1. The highest BCUT2D eigenvalue weighted by molar-refractivity contribution is 5.34. The zero-order valence-corrected chi connectivity index (χ0v) is 7.80. The van der Waals surface area contributed by atoms with Crippen LogP contribution in [0.3, 0.4) is 0 Å². The minimum atomic E-state index is -1.00. The molecule has 1 aromatic heterocycles. The zero-order chi connectivity index (χ0) is 10.6. The molecule has 14 heavy (non-hydrogen) atoms. The Kier molecular flexibility index (Phi) is 3.82. The molecule has 0 amide bonds. The predicted molar refractivity (Wildman–Crippen MR) is 53.3 cm³/mol. The van der Waals surface area contributed by atoms with Crippen LogP contribution in [0.1, 0.15) is 18.2 Å². The number of rotatable bonds is 4. The Hall–Kier alpha value is -1.17. The molecule has 0 aliphatic carbocycles. The van der Waals surface area contributed by atoms with Crippen molar-refractivity contribution in [3.8, 4) is 0 Å². The van der Waals surface area contributed by atoms with Crippen LogP contribution in [0, 0.1) is 0 Å². The van der Waals surface area contributed by atoms with Crippen molar-refractivity contribution in [1.29, 1.82) is 0 Å². The Morgan fingerprint density at radius 2 is 2.07 bits per heavy atom. The molecule has 0 aromatic carbocycles. The Morgan fingerprint density at radius 3 is 2.57 bits per heavy atom. The van der Waals surface area contributed by atoms with Gasteiger partial charge < -0.3 is 21.7 Å². The number of nitrogen functional groups attached to an aromatic ring is 1. The summed E-state index contributed by atoms with van der Waals surface area (Å²) in [6, 6.07) is 3.21. The number of nitrogens with zero attached hydrogens (tertiary/aromatic N) is 1. The van der Waals surface area contributed by atoms with E-state index >= 15 is 0 Å². The average molecular weight is 197 g/mol. The topological polar surface area (TPSA) is 105 Å². The summed E-state index contributed by atoms with van der Waals surface area (Å²) in [7, 11) is 0. The first-order valence-corrected chi connectivity index (χ1v) is 4.42. The lowest BCUT2D eigenvalue weighted by atomic mass is 10.1. The van der Waals surface area contributed by atoms with Gasteiger partial charge in [0.25, 0.3) is 0 Å². The highest BCUT2D eigenvalue weighted by atomic mass is 16.3. The molecule has 1 aromatic rings. The quantitative estimate of drug-likeness (QED) is 0.516. The van der Waals surface area contributed by atoms with Crippen molar-refractivity contribution in [3.63, 3.8) is 0 Å². The zero-order valence-electron chi connectivity index (χ0n) is 7.80. The Morgan fingerprint density at radius 1 is 1.36 bits per heavy atom. The molecule has 0 fully saturated rings. The first-order chi connectivity index (χ1) is 6.65. The van der Waals surface area contributed by atoms with Crippen LogP contribution >= 0.6 is 0 Å². The van der Waals surface area contributed by atoms with Crippen molar-refractivity contribution in [1.82, 2.24) is 4.98 Å². The lowest BCUT2D eigenvalue weighted by Gasteiger charge is -2.16. The molecule has 78 valence electrons. The van der Waals surface area contributed by atoms with Gasteiger partial charge in [-0.1, -0.05) is 0 Å². The molecule has 5 nitrogen and oxygen atoms in total. The molecule has 0 spiro atoms. The molecule has 0 aliphatic rings. The lowest BCUT2D eigenvalue weighted by molar-refractivity contribution is 0.0125. The number of hydrogen-bond donors (Lipinski definition) is 4. The lowest BCUT2D eigenvalue weighted by Crippen LogP contribution is -2.22. The van der Waals surface area contributed by atoms with Crippen molar-refractivity contribution < 1.29 is 10.2 Å². The SMILES string of the molecule is NCCC(O)C(O)c1ccc(N)cn1. The number of anilines is 1. The van der Waals surface area contributed by atoms with Gasteiger partial charge in [0.15, 0.2) is 0 Å². The maximum absolute atomic E-state index is 9.60. The summed E-state index contributed by atoms with van der Waals surface area (Å²) >= 11 is 0. The molecule has 0 radical (unpaired) electrons. The Labute approximate surface area is 82.4 Å². The predicted octanol–water partition coefficient (Wildman–Crippen LogP) is -0.593. The first-order valence-electron chi connectivity index (χ1n) is 4.42. The molecule has 6 N–H and O–H groups in total. The van der Waals surface area contributed by atoms with Crippen molar-refractivity contribution in [2.24, 2.45) is 5.73 Å². The monoisotopic (exact) mass is 197 g/mol. The van der Waals surface area contributed by atoms with Gasteiger partial charge >= 0.3 is 0 Å². The summed E-state index contributed by atoms with van der Waals surface area (Å²) in [5, 5.41) is 19.0. The standard InChI is InChI=1S/C9H15N3O2/c10-4-3-8(13)9(14)7-2-1-6(11)5-12-7/h1-2,5,8-9,13-14H,3-4,10-11H2. The van der Waals surface area contributed by atoms with Crippen LogP contribution in [0.5, 0.6) is 0 Å². The van der Waals surface area contributed by atoms with Gasteiger partial charge in [-0.2, -0.15) is 0 Å². The second kappa shape index (κ2) is 4.90. The van der Waals surface area contributed by atoms with Crippen LogP contribution < -0.4 is 11.5 Å². The third-order valence-electron chi connectivity index (χ3n) is 1.94. The van der Waals surface area contributed by atoms with E-state index in [-0.39, 0.29) is 0 Å². The van der Waals surface area contributed by atoms with Gasteiger partial charge in [-0.25, -0.2) is 0 Å². The van der Waals surface area contributed by atoms with Gasteiger partial charge in [-0.3, -0.25) is 4.98 Å². The summed E-state index contributed by atoms with van der Waals surface area (Å²) in [6.45, 7) is 0.327. The number of hydrogen-bond acceptors (Lipinski definition) is 5. The van der Waals surface area contributed by atoms with Gasteiger partial charge in [0.1, 0.15) is 6.10 Å². The molecule has 2 unspecified atom stereocenters. The summed E-state index contributed by atoms with van der Waals surface area (Å²) in [4.78, 5) is 3.91. The van der Waals surface area contributed by atoms with Crippen molar-refractivity contribution in [2.75, 3.05) is 12.3 Å².